The van der Waals surface area contributed by atoms with Crippen LogP contribution in [0.2, 0.25) is 0 Å². The smallest absolute Gasteiger partial charge is 0.270 e. The van der Waals surface area contributed by atoms with Crippen molar-refractivity contribution in [3.05, 3.63) is 67.1 Å². The second-order valence-corrected chi connectivity index (χ2v) is 8.00. The number of aromatic nitrogens is 5. The zero-order valence-corrected chi connectivity index (χ0v) is 16.9. The molecular weight excluding hydrogens is 376 g/mol. The Morgan fingerprint density at radius 3 is 2.67 bits per heavy atom. The van der Waals surface area contributed by atoms with E-state index in [0.717, 1.165) is 28.9 Å². The van der Waals surface area contributed by atoms with Crippen LogP contribution in [-0.4, -0.2) is 36.1 Å². The summed E-state index contributed by atoms with van der Waals surface area (Å²) in [5.74, 6) is 1.24. The molecule has 1 aliphatic carbocycles. The van der Waals surface area contributed by atoms with Gasteiger partial charge in [-0.1, -0.05) is 25.8 Å². The summed E-state index contributed by atoms with van der Waals surface area (Å²) < 4.78 is 3.75. The zero-order valence-electron chi connectivity index (χ0n) is 16.9. The minimum Gasteiger partial charge on any atom is -0.348 e. The van der Waals surface area contributed by atoms with E-state index in [1.54, 1.807) is 29.3 Å². The zero-order chi connectivity index (χ0) is 20.5. The van der Waals surface area contributed by atoms with Crippen molar-refractivity contribution in [3.8, 4) is 16.9 Å². The number of fused-ring (bicyclic) bond motifs is 1. The first-order chi connectivity index (χ1) is 14.7. The topological polar surface area (TPSA) is 77.1 Å². The van der Waals surface area contributed by atoms with E-state index in [1.165, 1.54) is 25.6 Å². The minimum atomic E-state index is -0.0752. The number of amides is 1. The van der Waals surface area contributed by atoms with Gasteiger partial charge in [-0.25, -0.2) is 14.6 Å². The van der Waals surface area contributed by atoms with Crippen LogP contribution in [0.25, 0.3) is 22.5 Å². The van der Waals surface area contributed by atoms with Crippen LogP contribution < -0.4 is 5.32 Å². The van der Waals surface area contributed by atoms with Crippen molar-refractivity contribution in [2.24, 2.45) is 5.92 Å². The van der Waals surface area contributed by atoms with E-state index in [-0.39, 0.29) is 11.9 Å². The van der Waals surface area contributed by atoms with Crippen LogP contribution in [0.15, 0.2) is 61.4 Å². The van der Waals surface area contributed by atoms with Crippen molar-refractivity contribution >= 4 is 11.4 Å². The minimum absolute atomic E-state index is 0.0752. The summed E-state index contributed by atoms with van der Waals surface area (Å²) in [5, 5.41) is 7.69. The van der Waals surface area contributed by atoms with Gasteiger partial charge in [-0.3, -0.25) is 4.79 Å². The van der Waals surface area contributed by atoms with Gasteiger partial charge in [-0.05, 0) is 43.0 Å². The molecule has 0 saturated heterocycles. The molecule has 1 amide bonds. The van der Waals surface area contributed by atoms with Gasteiger partial charge in [-0.2, -0.15) is 5.10 Å². The van der Waals surface area contributed by atoms with Gasteiger partial charge in [0, 0.05) is 41.3 Å². The first-order valence-corrected chi connectivity index (χ1v) is 10.4. The highest BCUT2D eigenvalue weighted by atomic mass is 16.2. The predicted molar refractivity (Wildman–Crippen MR) is 114 cm³/mol. The lowest BCUT2D eigenvalue weighted by Gasteiger charge is -2.29. The number of rotatable bonds is 4. The molecule has 1 aliphatic rings. The first kappa shape index (κ1) is 18.5. The molecule has 4 aromatic heterocycles. The van der Waals surface area contributed by atoms with Crippen LogP contribution in [0.5, 0.6) is 0 Å². The molecule has 0 bridgehead atoms. The number of carbonyl (C=O) groups is 1. The molecule has 0 aromatic carbocycles. The Morgan fingerprint density at radius 2 is 1.83 bits per heavy atom. The summed E-state index contributed by atoms with van der Waals surface area (Å²) in [5.41, 5.74) is 3.49. The van der Waals surface area contributed by atoms with Crippen LogP contribution in [0.1, 0.15) is 43.1 Å². The Hall–Kier alpha value is -3.48. The second-order valence-electron chi connectivity index (χ2n) is 8.00. The van der Waals surface area contributed by atoms with Crippen LogP contribution in [-0.2, 0) is 0 Å². The molecule has 1 saturated carbocycles. The number of nitrogens with zero attached hydrogens (tertiary/aromatic N) is 5. The van der Waals surface area contributed by atoms with Crippen LogP contribution in [0.4, 0.5) is 0 Å². The number of nitrogens with one attached hydrogen (secondary N) is 1. The van der Waals surface area contributed by atoms with Gasteiger partial charge in [0.15, 0.2) is 0 Å². The fraction of sp³-hybridized carbons (Fsp3) is 0.304. The summed E-state index contributed by atoms with van der Waals surface area (Å²) in [6, 6.07) is 10.1. The molecule has 4 aromatic rings. The number of carbonyl (C=O) groups excluding carboxylic acids is 1. The molecule has 0 aliphatic heterocycles. The molecule has 2 atom stereocenters. The molecule has 30 heavy (non-hydrogen) atoms. The van der Waals surface area contributed by atoms with Gasteiger partial charge in [0.1, 0.15) is 17.8 Å². The normalized spacial score (nSPS) is 19.1. The molecule has 152 valence electrons. The number of hydrogen-bond acceptors (Lipinski definition) is 4. The van der Waals surface area contributed by atoms with Crippen molar-refractivity contribution in [1.82, 2.24) is 29.5 Å². The monoisotopic (exact) mass is 400 g/mol. The van der Waals surface area contributed by atoms with Gasteiger partial charge in [0.2, 0.25) is 0 Å². The highest BCUT2D eigenvalue weighted by molar-refractivity contribution is 5.93. The Balaban J connectivity index is 1.49. The lowest BCUT2D eigenvalue weighted by Crippen LogP contribution is -2.41. The van der Waals surface area contributed by atoms with E-state index in [2.05, 4.69) is 27.3 Å². The maximum absolute atomic E-state index is 13.1. The summed E-state index contributed by atoms with van der Waals surface area (Å²) in [6.07, 6.45) is 13.4. The lowest BCUT2D eigenvalue weighted by atomic mass is 9.86. The van der Waals surface area contributed by atoms with E-state index < -0.39 is 0 Å². The summed E-state index contributed by atoms with van der Waals surface area (Å²) in [6.45, 7) is 2.22. The van der Waals surface area contributed by atoms with Gasteiger partial charge in [0.05, 0.1) is 6.20 Å². The van der Waals surface area contributed by atoms with Crippen molar-refractivity contribution in [2.45, 2.75) is 38.6 Å². The summed E-state index contributed by atoms with van der Waals surface area (Å²) >= 11 is 0. The van der Waals surface area contributed by atoms with E-state index in [1.807, 2.05) is 34.9 Å². The maximum Gasteiger partial charge on any atom is 0.270 e. The molecule has 1 fully saturated rings. The van der Waals surface area contributed by atoms with Gasteiger partial charge in [0.25, 0.3) is 5.91 Å². The third-order valence-electron chi connectivity index (χ3n) is 6.04. The van der Waals surface area contributed by atoms with Crippen LogP contribution >= 0.6 is 0 Å². The highest BCUT2D eigenvalue weighted by Crippen LogP contribution is 2.25. The maximum atomic E-state index is 13.1. The predicted octanol–water partition coefficient (Wildman–Crippen LogP) is 3.89. The van der Waals surface area contributed by atoms with E-state index in [9.17, 15) is 4.79 Å². The van der Waals surface area contributed by atoms with Crippen molar-refractivity contribution in [3.63, 3.8) is 0 Å². The van der Waals surface area contributed by atoms with E-state index in [0.29, 0.717) is 11.6 Å². The fourth-order valence-electron chi connectivity index (χ4n) is 4.31. The third-order valence-corrected chi connectivity index (χ3v) is 6.04. The quantitative estimate of drug-likeness (QED) is 0.564. The number of pyridine rings is 1. The van der Waals surface area contributed by atoms with Crippen LogP contribution in [0, 0.1) is 5.92 Å². The van der Waals surface area contributed by atoms with Gasteiger partial charge < -0.3 is 9.72 Å². The van der Waals surface area contributed by atoms with E-state index in [4.69, 9.17) is 0 Å². The highest BCUT2D eigenvalue weighted by Gasteiger charge is 2.25. The molecule has 0 unspecified atom stereocenters. The third kappa shape index (κ3) is 3.36. The largest absolute Gasteiger partial charge is 0.348 e. The average molecular weight is 400 g/mol. The molecule has 5 rings (SSSR count). The lowest BCUT2D eigenvalue weighted by molar-refractivity contribution is 0.0902. The molecular formula is C23H24N6O. The molecule has 0 spiro atoms. The van der Waals surface area contributed by atoms with Crippen molar-refractivity contribution in [2.75, 3.05) is 0 Å². The van der Waals surface area contributed by atoms with Crippen molar-refractivity contribution in [1.29, 1.82) is 0 Å². The Kier molecular flexibility index (Phi) is 4.78. The van der Waals surface area contributed by atoms with Crippen molar-refractivity contribution < 1.29 is 4.79 Å². The molecule has 7 heteroatoms. The Labute approximate surface area is 174 Å². The van der Waals surface area contributed by atoms with Crippen LogP contribution in [0.3, 0.4) is 0 Å². The standard InChI is InChI=1S/C23H24N6O/c1-16-4-2-3-5-20(16)27-23(30)21-10-11-26-29(21)22-9-8-19-7-6-17(14-28(19)22)18-12-24-15-25-13-18/h6-16,20H,2-5H2,1H3,(H,27,30)/t16-,20-/m0/s1. The molecule has 1 N–H and O–H groups in total. The summed E-state index contributed by atoms with van der Waals surface area (Å²) in [7, 11) is 0. The van der Waals surface area contributed by atoms with Gasteiger partial charge in [-0.15, -0.1) is 0 Å². The molecule has 4 heterocycles. The second kappa shape index (κ2) is 7.74. The Bertz CT molecular complexity index is 1180. The summed E-state index contributed by atoms with van der Waals surface area (Å²) in [4.78, 5) is 21.3. The molecule has 0 radical (unpaired) electrons. The molecule has 7 nitrogen and oxygen atoms in total. The van der Waals surface area contributed by atoms with E-state index >= 15 is 0 Å². The number of hydrogen-bond donors (Lipinski definition) is 1. The fourth-order valence-corrected chi connectivity index (χ4v) is 4.31. The average Bonchev–Trinajstić information content (AvgIpc) is 3.42. The first-order valence-electron chi connectivity index (χ1n) is 10.4. The SMILES string of the molecule is C[C@H]1CCCC[C@@H]1NC(=O)c1ccnn1-c1ccc2ccc(-c3cncnc3)cn12. The Morgan fingerprint density at radius 1 is 1.03 bits per heavy atom. The van der Waals surface area contributed by atoms with Gasteiger partial charge >= 0.3 is 0 Å².